The third kappa shape index (κ3) is 51.1. The van der Waals surface area contributed by atoms with Crippen molar-refractivity contribution in [3.8, 4) is 80.5 Å². The van der Waals surface area contributed by atoms with Crippen LogP contribution in [-0.2, 0) is 0 Å². The van der Waals surface area contributed by atoms with Crippen molar-refractivity contribution in [2.24, 2.45) is 0 Å². The van der Waals surface area contributed by atoms with E-state index < -0.39 is 7.12 Å². The van der Waals surface area contributed by atoms with E-state index in [-0.39, 0.29) is 41.9 Å². The fourth-order valence-electron chi connectivity index (χ4n) is 10.9. The van der Waals surface area contributed by atoms with Crippen LogP contribution in [0.15, 0.2) is 229 Å². The Morgan fingerprint density at radius 3 is 1.12 bits per heavy atom. The van der Waals surface area contributed by atoms with Gasteiger partial charge in [0.25, 0.3) is 0 Å². The number of aromatic nitrogens is 1. The summed E-state index contributed by atoms with van der Waals surface area (Å²) >= 11 is 1.64. The fourth-order valence-corrected chi connectivity index (χ4v) is 12.0. The first-order valence-corrected chi connectivity index (χ1v) is 41.0. The molecule has 0 saturated carbocycles. The number of rotatable bonds is 12. The van der Waals surface area contributed by atoms with E-state index in [0.29, 0.717) is 57.1 Å². The second-order valence-electron chi connectivity index (χ2n) is 28.3. The van der Waals surface area contributed by atoms with Gasteiger partial charge in [0.1, 0.15) is 74.7 Å². The van der Waals surface area contributed by atoms with E-state index in [9.17, 15) is 15.3 Å². The number of pyridine rings is 1. The molecule has 0 aliphatic carbocycles. The molecule has 0 amide bonds. The first kappa shape index (κ1) is 109. The molecule has 0 saturated heterocycles. The van der Waals surface area contributed by atoms with Crippen LogP contribution in [0, 0.1) is 83.1 Å². The monoisotopic (exact) mass is 1690 g/mol. The summed E-state index contributed by atoms with van der Waals surface area (Å²) in [7, 11) is 5.05. The van der Waals surface area contributed by atoms with Crippen molar-refractivity contribution >= 4 is 62.2 Å². The van der Waals surface area contributed by atoms with Crippen LogP contribution >= 0.6 is 20.0 Å². The number of nitrogens with zero attached hydrogens (tertiary/aromatic N) is 4. The van der Waals surface area contributed by atoms with E-state index >= 15 is 0 Å². The summed E-state index contributed by atoms with van der Waals surface area (Å²) in [6.45, 7) is 37.5. The molecule has 12 aromatic rings. The second-order valence-corrected chi connectivity index (χ2v) is 30.0. The number of anilines is 4. The van der Waals surface area contributed by atoms with E-state index in [1.54, 1.807) is 172 Å². The third-order valence-electron chi connectivity index (χ3n) is 15.9. The maximum absolute atomic E-state index is 9.55. The smallest absolute Gasteiger partial charge is 0.488 e. The molecule has 0 atom stereocenters. The molecule has 121 heavy (non-hydrogen) atoms. The van der Waals surface area contributed by atoms with Crippen molar-refractivity contribution in [3.63, 3.8) is 0 Å². The van der Waals surface area contributed by atoms with Gasteiger partial charge in [0, 0.05) is 116 Å². The summed E-state index contributed by atoms with van der Waals surface area (Å²) in [6, 6.07) is 53.8. The van der Waals surface area contributed by atoms with Gasteiger partial charge >= 0.3 is 55.4 Å². The van der Waals surface area contributed by atoms with E-state index in [2.05, 4.69) is 54.6 Å². The normalized spacial score (nSPS) is 9.57. The molecule has 3 aromatic heterocycles. The molecule has 25 heteroatoms. The first-order chi connectivity index (χ1) is 56.5. The summed E-state index contributed by atoms with van der Waals surface area (Å²) < 4.78 is 4.92. The molecule has 0 aliphatic heterocycles. The number of ether oxygens (including phenoxy) is 1. The van der Waals surface area contributed by atoms with Gasteiger partial charge in [0.2, 0.25) is 0 Å². The number of methoxy groups -OCH3 is 1. The van der Waals surface area contributed by atoms with Crippen molar-refractivity contribution in [2.45, 2.75) is 136 Å². The molecule has 0 spiro atoms. The van der Waals surface area contributed by atoms with Crippen molar-refractivity contribution in [2.75, 3.05) is 74.1 Å². The molecule has 12 rings (SSSR count). The molecule has 17 N–H and O–H groups in total. The Hall–Kier alpha value is -12.1. The zero-order chi connectivity index (χ0) is 90.7. The van der Waals surface area contributed by atoms with E-state index in [1.165, 1.54) is 24.4 Å². The Bertz CT molecular complexity index is 4320. The van der Waals surface area contributed by atoms with Gasteiger partial charge in [-0.15, -0.1) is 11.8 Å². The van der Waals surface area contributed by atoms with Crippen molar-refractivity contribution < 1.29 is 81.2 Å². The number of aromatic hydroxyl groups is 13. The minimum atomic E-state index is -1.51. The average Bonchev–Trinajstić information content (AvgIpc) is 0.865. The third-order valence-corrected chi connectivity index (χ3v) is 17.6. The molecule has 0 fully saturated rings. The van der Waals surface area contributed by atoms with Crippen molar-refractivity contribution in [3.05, 3.63) is 291 Å². The summed E-state index contributed by atoms with van der Waals surface area (Å²) in [5.74, 6) is 11.5. The standard InChI is InChI=1S/C13H21NO.C11H17NO.C9H13NO.C8H10O2.C8H10OS.C7H9BO3.C7H9NO.C7H8O2.C7H8O.C6H7BO.C6H7NO.C6H7OP.CH4/c1-4-6-14(7-5-2)12-8-11(3)9-13(15)10-12;1-4-12(5-2)10-6-9(3)7-11(13)8-10;1-7-4-8(10(2)3)6-9(11)5-7;2*1-6-3-7(9)5-8(4-6)10-2;1-5-2-6(8(10)11)4-7(9)3-5;2*1-5-2-6(8)4-7(9)3-5;1-6-3-2-4-7(8)5-6;2*1-5-2-6(8)4-7-3-5;1-5-2-6(7)4-8-3-5;/h8-10,15H,4-7H2,1-3H3;6-8,13H,4-5H2,1-3H3;4-6,11H,1-3H3;2*3-5,9H,1-2H3;2-4,9-11H,1H3;2-4,9H,8H2,1H3;2-4,8-9H,1H3;2-5,8H,1H3;2*2-4,8H,1H3;2-4,7H,1H3;1H4. The Morgan fingerprint density at radius 1 is 0.380 bits per heavy atom. The maximum atomic E-state index is 9.55. The molecule has 652 valence electrons. The number of hydrogen-bond donors (Lipinski definition) is 16. The second kappa shape index (κ2) is 59.6. The van der Waals surface area contributed by atoms with Gasteiger partial charge < -0.3 is 96.5 Å². The van der Waals surface area contributed by atoms with E-state index in [0.717, 1.165) is 136 Å². The Kier molecular flexibility index (Phi) is 53.6. The number of thioether (sulfide) groups is 1. The predicted molar refractivity (Wildman–Crippen MR) is 507 cm³/mol. The average molecular weight is 1690 g/mol. The van der Waals surface area contributed by atoms with E-state index in [4.69, 9.17) is 71.6 Å². The number of phenols is 10. The van der Waals surface area contributed by atoms with Gasteiger partial charge in [-0.3, -0.25) is 4.98 Å². The number of nitrogen functional groups attached to an aromatic ring is 1. The van der Waals surface area contributed by atoms with Crippen LogP contribution in [0.4, 0.5) is 22.7 Å². The zero-order valence-electron chi connectivity index (χ0n) is 73.1. The van der Waals surface area contributed by atoms with Gasteiger partial charge in [-0.1, -0.05) is 47.7 Å². The quantitative estimate of drug-likeness (QED) is 0.0307. The minimum absolute atomic E-state index is 0. The van der Waals surface area contributed by atoms with Crippen LogP contribution in [0.25, 0.3) is 0 Å². The van der Waals surface area contributed by atoms with Gasteiger partial charge in [0.15, 0.2) is 0 Å². The summed E-state index contributed by atoms with van der Waals surface area (Å²) in [5, 5.41) is 135. The molecule has 0 radical (unpaired) electrons. The SMILES string of the molecule is C.CCCN(CCC)c1cc(C)cc(O)c1.CCN(CC)c1cc(C)cc(O)c1.COc1cc(C)cc(O)c1.CSc1cc(C)cc(O)c1.Cc1cbcc(O)c1.Cc1cc(N)cc(O)c1.Cc1cc(O)cc(B(O)O)c1.Cc1cc(O)cc(N(C)C)c1.Cc1cc(O)cc(O)c1.Cc1cccc(O)c1.Cc1cncc(O)c1.Cc1cpcc(O)c1. The first-order valence-electron chi connectivity index (χ1n) is 38.7. The molecular weight excluding hydrogens is 1560 g/mol. The molecule has 0 bridgehead atoms. The number of benzene rings is 9. The fraction of sp³-hybridized carbons (Fsp3) is 0.281. The predicted octanol–water partition coefficient (Wildman–Crippen LogP) is 20.6. The minimum Gasteiger partial charge on any atom is -0.508 e. The molecule has 21 nitrogen and oxygen atoms in total. The van der Waals surface area contributed by atoms with Crippen LogP contribution in [0.2, 0.25) is 0 Å². The molecule has 3 heterocycles. The molecule has 9 aromatic carbocycles. The number of hydrogen-bond acceptors (Lipinski definition) is 22. The molecular formula is C96H130B2N5O16PS. The number of phenolic OH excluding ortho intramolecular Hbond substituents is 10. The van der Waals surface area contributed by atoms with Crippen LogP contribution in [0.3, 0.4) is 0 Å². The molecule has 0 unspecified atom stereocenters. The van der Waals surface area contributed by atoms with Crippen LogP contribution in [-0.4, -0.2) is 149 Å². The van der Waals surface area contributed by atoms with Crippen LogP contribution in [0.5, 0.6) is 80.5 Å². The summed E-state index contributed by atoms with van der Waals surface area (Å²) in [5.41, 5.74) is 21.9. The molecule has 0 aliphatic rings. The van der Waals surface area contributed by atoms with Crippen LogP contribution < -0.4 is 30.6 Å². The maximum Gasteiger partial charge on any atom is 0.488 e. The zero-order valence-corrected chi connectivity index (χ0v) is 74.8. The number of aryl methyl sites for hydroxylation is 12. The van der Waals surface area contributed by atoms with Gasteiger partial charge in [0.05, 0.1) is 13.3 Å². The van der Waals surface area contributed by atoms with Crippen LogP contribution in [0.1, 0.15) is 115 Å². The van der Waals surface area contributed by atoms with Crippen molar-refractivity contribution in [1.29, 1.82) is 0 Å². The Morgan fingerprint density at radius 2 is 0.785 bits per heavy atom. The van der Waals surface area contributed by atoms with Gasteiger partial charge in [-0.05, 0) is 309 Å². The van der Waals surface area contributed by atoms with Gasteiger partial charge in [-0.2, -0.15) is 0 Å². The summed E-state index contributed by atoms with van der Waals surface area (Å²) in [6.07, 6.45) is 7.37. The Labute approximate surface area is 725 Å². The van der Waals surface area contributed by atoms with Gasteiger partial charge in [-0.25, -0.2) is 0 Å². The summed E-state index contributed by atoms with van der Waals surface area (Å²) in [4.78, 5) is 11.3. The Balaban J connectivity index is 0.00000130. The largest absolute Gasteiger partial charge is 0.508 e. The van der Waals surface area contributed by atoms with Crippen molar-refractivity contribution in [1.82, 2.24) is 4.98 Å². The number of nitrogens with two attached hydrogens (primary N) is 1. The van der Waals surface area contributed by atoms with E-state index in [1.807, 2.05) is 150 Å². The topological polar surface area (TPSA) is 361 Å².